The van der Waals surface area contributed by atoms with E-state index in [4.69, 9.17) is 5.73 Å². The van der Waals surface area contributed by atoms with Crippen LogP contribution in [0.3, 0.4) is 0 Å². The van der Waals surface area contributed by atoms with Gasteiger partial charge in [0, 0.05) is 41.1 Å². The largest absolute Gasteiger partial charge is 0.348 e. The fourth-order valence-corrected chi connectivity index (χ4v) is 2.94. The molecule has 0 saturated heterocycles. The van der Waals surface area contributed by atoms with E-state index in [1.165, 1.54) is 17.7 Å². The van der Waals surface area contributed by atoms with Crippen molar-refractivity contribution in [3.63, 3.8) is 0 Å². The second-order valence-corrected chi connectivity index (χ2v) is 6.54. The summed E-state index contributed by atoms with van der Waals surface area (Å²) in [5.41, 5.74) is 8.39. The number of hydrogen-bond donors (Lipinski definition) is 4. The summed E-state index contributed by atoms with van der Waals surface area (Å²) in [6.07, 6.45) is 5.12. The standard InChI is InChI=1S/C17H18N6O2S.2ClH/c1-10-12(15(24)23-17-20-5-6-26-17)3-2-4-14(10)22-16(25)13(18)7-11-8-19-9-21-11;;/h2-6,8-9,13H,7,18H2,1H3,(H,19,21)(H,22,25)(H,20,23,24);2*1H/t13-;;/m0../s1. The van der Waals surface area contributed by atoms with Gasteiger partial charge in [-0.3, -0.25) is 14.9 Å². The summed E-state index contributed by atoms with van der Waals surface area (Å²) in [6, 6.07) is 4.40. The van der Waals surface area contributed by atoms with Gasteiger partial charge in [0.1, 0.15) is 0 Å². The first-order valence-electron chi connectivity index (χ1n) is 7.88. The molecule has 0 aliphatic carbocycles. The van der Waals surface area contributed by atoms with Crippen molar-refractivity contribution >= 4 is 58.8 Å². The van der Waals surface area contributed by atoms with E-state index in [-0.39, 0.29) is 36.6 Å². The summed E-state index contributed by atoms with van der Waals surface area (Å²) < 4.78 is 0. The van der Waals surface area contributed by atoms with Gasteiger partial charge in [0.05, 0.1) is 12.4 Å². The van der Waals surface area contributed by atoms with Crippen LogP contribution < -0.4 is 16.4 Å². The normalized spacial score (nSPS) is 10.9. The lowest BCUT2D eigenvalue weighted by Gasteiger charge is -2.15. The zero-order valence-corrected chi connectivity index (χ0v) is 17.3. The van der Waals surface area contributed by atoms with Gasteiger partial charge in [-0.15, -0.1) is 36.2 Å². The highest BCUT2D eigenvalue weighted by atomic mass is 35.5. The first-order chi connectivity index (χ1) is 12.5. The van der Waals surface area contributed by atoms with Crippen molar-refractivity contribution in [3.8, 4) is 0 Å². The Labute approximate surface area is 178 Å². The van der Waals surface area contributed by atoms with Crippen LogP contribution in [0.25, 0.3) is 0 Å². The maximum absolute atomic E-state index is 12.4. The van der Waals surface area contributed by atoms with Crippen LogP contribution in [-0.2, 0) is 11.2 Å². The monoisotopic (exact) mass is 442 g/mol. The summed E-state index contributed by atoms with van der Waals surface area (Å²) in [5.74, 6) is -0.615. The molecule has 0 saturated carbocycles. The first-order valence-corrected chi connectivity index (χ1v) is 8.76. The second-order valence-electron chi connectivity index (χ2n) is 5.65. The summed E-state index contributed by atoms with van der Waals surface area (Å²) in [5, 5.41) is 7.81. The van der Waals surface area contributed by atoms with E-state index in [0.717, 1.165) is 5.69 Å². The molecule has 3 aromatic rings. The number of rotatable bonds is 6. The van der Waals surface area contributed by atoms with E-state index >= 15 is 0 Å². The highest BCUT2D eigenvalue weighted by molar-refractivity contribution is 7.13. The maximum atomic E-state index is 12.4. The van der Waals surface area contributed by atoms with Crippen LogP contribution in [0.15, 0.2) is 42.3 Å². The van der Waals surface area contributed by atoms with E-state index in [9.17, 15) is 9.59 Å². The predicted molar refractivity (Wildman–Crippen MR) is 115 cm³/mol. The Kier molecular flexibility index (Phi) is 9.07. The molecule has 0 unspecified atom stereocenters. The molecule has 2 amide bonds. The van der Waals surface area contributed by atoms with Gasteiger partial charge < -0.3 is 16.0 Å². The van der Waals surface area contributed by atoms with Crippen molar-refractivity contribution in [2.75, 3.05) is 10.6 Å². The predicted octanol–water partition coefficient (Wildman–Crippen LogP) is 2.78. The van der Waals surface area contributed by atoms with Crippen LogP contribution in [0.2, 0.25) is 0 Å². The number of carbonyl (C=O) groups excluding carboxylic acids is 2. The zero-order valence-electron chi connectivity index (χ0n) is 14.8. The number of aromatic nitrogens is 3. The SMILES string of the molecule is Cc1c(NC(=O)[C@@H](N)Cc2cnc[nH]2)cccc1C(=O)Nc1nccs1.Cl.Cl. The molecule has 2 heterocycles. The van der Waals surface area contributed by atoms with Crippen LogP contribution in [0, 0.1) is 6.92 Å². The molecule has 11 heteroatoms. The van der Waals surface area contributed by atoms with Gasteiger partial charge in [-0.1, -0.05) is 6.07 Å². The molecule has 28 heavy (non-hydrogen) atoms. The maximum Gasteiger partial charge on any atom is 0.257 e. The molecule has 8 nitrogen and oxygen atoms in total. The first kappa shape index (κ1) is 23.6. The quantitative estimate of drug-likeness (QED) is 0.466. The summed E-state index contributed by atoms with van der Waals surface area (Å²) in [7, 11) is 0. The molecule has 1 aromatic carbocycles. The number of aromatic amines is 1. The highest BCUT2D eigenvalue weighted by Gasteiger charge is 2.18. The third-order valence-corrected chi connectivity index (χ3v) is 4.51. The average Bonchev–Trinajstić information content (AvgIpc) is 3.30. The van der Waals surface area contributed by atoms with E-state index in [0.29, 0.717) is 28.4 Å². The molecule has 5 N–H and O–H groups in total. The third kappa shape index (κ3) is 5.77. The lowest BCUT2D eigenvalue weighted by atomic mass is 10.1. The van der Waals surface area contributed by atoms with Crippen molar-refractivity contribution in [2.45, 2.75) is 19.4 Å². The third-order valence-electron chi connectivity index (χ3n) is 3.82. The minimum atomic E-state index is -0.734. The van der Waals surface area contributed by atoms with Crippen molar-refractivity contribution < 1.29 is 9.59 Å². The molecule has 0 spiro atoms. The Morgan fingerprint density at radius 2 is 2.07 bits per heavy atom. The molecule has 150 valence electrons. The topological polar surface area (TPSA) is 126 Å². The molecule has 0 aliphatic heterocycles. The van der Waals surface area contributed by atoms with Gasteiger partial charge in [-0.25, -0.2) is 9.97 Å². The van der Waals surface area contributed by atoms with Crippen molar-refractivity contribution in [2.24, 2.45) is 5.73 Å². The number of amides is 2. The van der Waals surface area contributed by atoms with Gasteiger partial charge in [-0.2, -0.15) is 0 Å². The summed E-state index contributed by atoms with van der Waals surface area (Å²) in [4.78, 5) is 35.6. The number of halogens is 2. The smallest absolute Gasteiger partial charge is 0.257 e. The molecule has 1 atom stereocenters. The van der Waals surface area contributed by atoms with E-state index in [1.807, 2.05) is 0 Å². The number of benzene rings is 1. The minimum absolute atomic E-state index is 0. The number of nitrogens with zero attached hydrogens (tertiary/aromatic N) is 2. The fraction of sp³-hybridized carbons (Fsp3) is 0.176. The molecule has 0 radical (unpaired) electrons. The Balaban J connectivity index is 0.00000196. The number of nitrogens with one attached hydrogen (secondary N) is 3. The van der Waals surface area contributed by atoms with Crippen LogP contribution in [-0.4, -0.2) is 32.8 Å². The molecule has 0 aliphatic rings. The molecular weight excluding hydrogens is 423 g/mol. The second kappa shape index (κ2) is 10.8. The van der Waals surface area contributed by atoms with Crippen LogP contribution in [0.1, 0.15) is 21.6 Å². The molecule has 0 fully saturated rings. The lowest BCUT2D eigenvalue weighted by Crippen LogP contribution is -2.37. The molecule has 3 rings (SSSR count). The van der Waals surface area contributed by atoms with E-state index in [2.05, 4.69) is 25.6 Å². The van der Waals surface area contributed by atoms with Gasteiger partial charge in [0.15, 0.2) is 5.13 Å². The number of anilines is 2. The average molecular weight is 443 g/mol. The summed E-state index contributed by atoms with van der Waals surface area (Å²) >= 11 is 1.33. The van der Waals surface area contributed by atoms with Crippen molar-refractivity contribution in [3.05, 3.63) is 59.1 Å². The number of H-pyrrole nitrogens is 1. The fourth-order valence-electron chi connectivity index (χ4n) is 2.42. The summed E-state index contributed by atoms with van der Waals surface area (Å²) in [6.45, 7) is 1.77. The van der Waals surface area contributed by atoms with Gasteiger partial charge in [0.25, 0.3) is 5.91 Å². The number of carbonyl (C=O) groups is 2. The molecule has 2 aromatic heterocycles. The molecular formula is C17H20Cl2N6O2S. The van der Waals surface area contributed by atoms with Crippen molar-refractivity contribution in [1.29, 1.82) is 0 Å². The van der Waals surface area contributed by atoms with Gasteiger partial charge in [-0.05, 0) is 24.6 Å². The van der Waals surface area contributed by atoms with E-state index in [1.54, 1.807) is 42.9 Å². The lowest BCUT2D eigenvalue weighted by molar-refractivity contribution is -0.117. The van der Waals surface area contributed by atoms with E-state index < -0.39 is 6.04 Å². The number of hydrogen-bond acceptors (Lipinski definition) is 6. The Morgan fingerprint density at radius 1 is 1.29 bits per heavy atom. The van der Waals surface area contributed by atoms with Crippen molar-refractivity contribution in [1.82, 2.24) is 15.0 Å². The highest BCUT2D eigenvalue weighted by Crippen LogP contribution is 2.21. The Morgan fingerprint density at radius 3 is 2.71 bits per heavy atom. The van der Waals surface area contributed by atoms with Gasteiger partial charge >= 0.3 is 0 Å². The van der Waals surface area contributed by atoms with Gasteiger partial charge in [0.2, 0.25) is 5.91 Å². The van der Waals surface area contributed by atoms with Crippen LogP contribution >= 0.6 is 36.2 Å². The Bertz CT molecular complexity index is 903. The van der Waals surface area contributed by atoms with Crippen LogP contribution in [0.5, 0.6) is 0 Å². The minimum Gasteiger partial charge on any atom is -0.348 e. The Hall–Kier alpha value is -2.46. The number of nitrogens with two attached hydrogens (primary N) is 1. The molecule has 0 bridgehead atoms. The number of thiazole rings is 1. The zero-order chi connectivity index (χ0) is 18.5. The van der Waals surface area contributed by atoms with Crippen LogP contribution in [0.4, 0.5) is 10.8 Å². The number of imidazole rings is 1.